The highest BCUT2D eigenvalue weighted by molar-refractivity contribution is 5.80. The minimum absolute atomic E-state index is 0.231. The van der Waals surface area contributed by atoms with E-state index in [4.69, 9.17) is 4.74 Å². The van der Waals surface area contributed by atoms with Gasteiger partial charge in [0.25, 0.3) is 0 Å². The Hall–Kier alpha value is -2.08. The summed E-state index contributed by atoms with van der Waals surface area (Å²) in [4.78, 5) is 19.2. The Kier molecular flexibility index (Phi) is 10.7. The van der Waals surface area contributed by atoms with Gasteiger partial charge in [-0.05, 0) is 50.2 Å². The van der Waals surface area contributed by atoms with Crippen LogP contribution in [0.5, 0.6) is 0 Å². The maximum absolute atomic E-state index is 12.6. The van der Waals surface area contributed by atoms with E-state index in [0.29, 0.717) is 18.9 Å². The van der Waals surface area contributed by atoms with Crippen LogP contribution in [0.25, 0.3) is 0 Å². The van der Waals surface area contributed by atoms with Crippen molar-refractivity contribution < 1.29 is 9.53 Å². The SMILES string of the molecule is CCNC(=NCCCC(=O)N1CCc2ccccc2C1)NCCC(OCC)C(C)C. The summed E-state index contributed by atoms with van der Waals surface area (Å²) in [5, 5.41) is 6.67. The highest BCUT2D eigenvalue weighted by Gasteiger charge is 2.19. The van der Waals surface area contributed by atoms with Crippen molar-refractivity contribution in [3.8, 4) is 0 Å². The molecule has 2 rings (SSSR count). The number of carbonyl (C=O) groups is 1. The largest absolute Gasteiger partial charge is 0.378 e. The van der Waals surface area contributed by atoms with E-state index < -0.39 is 0 Å². The van der Waals surface area contributed by atoms with E-state index in [-0.39, 0.29) is 12.0 Å². The summed E-state index contributed by atoms with van der Waals surface area (Å²) >= 11 is 0. The molecule has 1 aromatic carbocycles. The summed E-state index contributed by atoms with van der Waals surface area (Å²) < 4.78 is 5.81. The molecule has 168 valence electrons. The van der Waals surface area contributed by atoms with Gasteiger partial charge in [-0.3, -0.25) is 9.79 Å². The number of nitrogens with zero attached hydrogens (tertiary/aromatic N) is 2. The van der Waals surface area contributed by atoms with Crippen LogP contribution in [-0.2, 0) is 22.5 Å². The monoisotopic (exact) mass is 416 g/mol. The van der Waals surface area contributed by atoms with Crippen molar-refractivity contribution in [3.05, 3.63) is 35.4 Å². The first-order chi connectivity index (χ1) is 14.5. The van der Waals surface area contributed by atoms with Crippen LogP contribution < -0.4 is 10.6 Å². The molecule has 0 saturated heterocycles. The lowest BCUT2D eigenvalue weighted by Gasteiger charge is -2.28. The summed E-state index contributed by atoms with van der Waals surface area (Å²) in [7, 11) is 0. The van der Waals surface area contributed by atoms with Crippen LogP contribution >= 0.6 is 0 Å². The molecule has 0 spiro atoms. The Labute approximate surface area is 182 Å². The van der Waals surface area contributed by atoms with Crippen LogP contribution in [0.3, 0.4) is 0 Å². The Morgan fingerprint density at radius 3 is 2.67 bits per heavy atom. The molecule has 1 amide bonds. The molecule has 1 aromatic rings. The van der Waals surface area contributed by atoms with Crippen LogP contribution in [0.2, 0.25) is 0 Å². The average Bonchev–Trinajstić information content (AvgIpc) is 2.75. The van der Waals surface area contributed by atoms with E-state index >= 15 is 0 Å². The van der Waals surface area contributed by atoms with Gasteiger partial charge in [0.2, 0.25) is 5.91 Å². The van der Waals surface area contributed by atoms with Crippen molar-refractivity contribution in [1.29, 1.82) is 0 Å². The molecule has 1 heterocycles. The summed E-state index contributed by atoms with van der Waals surface area (Å²) in [5.41, 5.74) is 2.65. The molecule has 0 fully saturated rings. The second kappa shape index (κ2) is 13.3. The lowest BCUT2D eigenvalue weighted by atomic mass is 9.99. The van der Waals surface area contributed by atoms with Gasteiger partial charge in [-0.1, -0.05) is 38.1 Å². The highest BCUT2D eigenvalue weighted by atomic mass is 16.5. The number of ether oxygens (including phenoxy) is 1. The zero-order valence-corrected chi connectivity index (χ0v) is 19.2. The van der Waals surface area contributed by atoms with Gasteiger partial charge < -0.3 is 20.3 Å². The Balaban J connectivity index is 1.72. The molecule has 0 aliphatic carbocycles. The Morgan fingerprint density at radius 1 is 1.20 bits per heavy atom. The van der Waals surface area contributed by atoms with Crippen LogP contribution in [0.4, 0.5) is 0 Å². The van der Waals surface area contributed by atoms with Gasteiger partial charge in [-0.2, -0.15) is 0 Å². The first-order valence-corrected chi connectivity index (χ1v) is 11.5. The quantitative estimate of drug-likeness (QED) is 0.330. The van der Waals surface area contributed by atoms with Crippen molar-refractivity contribution in [2.24, 2.45) is 10.9 Å². The number of hydrogen-bond donors (Lipinski definition) is 2. The summed E-state index contributed by atoms with van der Waals surface area (Å²) in [6.45, 7) is 13.1. The third-order valence-corrected chi connectivity index (χ3v) is 5.49. The molecule has 0 bridgehead atoms. The van der Waals surface area contributed by atoms with E-state index in [2.05, 4.69) is 60.7 Å². The Bertz CT molecular complexity index is 675. The lowest BCUT2D eigenvalue weighted by molar-refractivity contribution is -0.132. The maximum Gasteiger partial charge on any atom is 0.222 e. The molecule has 30 heavy (non-hydrogen) atoms. The third-order valence-electron chi connectivity index (χ3n) is 5.49. The normalized spacial score (nSPS) is 15.1. The molecule has 0 radical (unpaired) electrons. The van der Waals surface area contributed by atoms with Crippen LogP contribution in [-0.4, -0.2) is 55.7 Å². The van der Waals surface area contributed by atoms with E-state index in [1.54, 1.807) is 0 Å². The van der Waals surface area contributed by atoms with Gasteiger partial charge >= 0.3 is 0 Å². The fourth-order valence-electron chi connectivity index (χ4n) is 3.79. The number of carbonyl (C=O) groups excluding carboxylic acids is 1. The molecule has 1 atom stereocenters. The standard InChI is InChI=1S/C24H40N4O2/c1-5-25-24(27-16-13-22(19(3)4)30-6-2)26-15-9-12-23(29)28-17-14-20-10-7-8-11-21(20)18-28/h7-8,10-11,19,22H,5-6,9,12-18H2,1-4H3,(H2,25,26,27). The number of rotatable bonds is 11. The van der Waals surface area contributed by atoms with Gasteiger partial charge in [-0.25, -0.2) is 0 Å². The number of amides is 1. The molecule has 0 saturated carbocycles. The van der Waals surface area contributed by atoms with Crippen molar-refractivity contribution in [1.82, 2.24) is 15.5 Å². The second-order valence-corrected chi connectivity index (χ2v) is 8.15. The number of fused-ring (bicyclic) bond motifs is 1. The van der Waals surface area contributed by atoms with E-state index in [0.717, 1.165) is 58.0 Å². The smallest absolute Gasteiger partial charge is 0.222 e. The second-order valence-electron chi connectivity index (χ2n) is 8.15. The van der Waals surface area contributed by atoms with Gasteiger partial charge in [0.05, 0.1) is 6.10 Å². The highest BCUT2D eigenvalue weighted by Crippen LogP contribution is 2.19. The van der Waals surface area contributed by atoms with Crippen LogP contribution in [0, 0.1) is 5.92 Å². The molecule has 1 unspecified atom stereocenters. The van der Waals surface area contributed by atoms with Crippen molar-refractivity contribution in [2.45, 2.75) is 66.0 Å². The third kappa shape index (κ3) is 7.98. The van der Waals surface area contributed by atoms with E-state index in [1.807, 2.05) is 11.8 Å². The van der Waals surface area contributed by atoms with E-state index in [9.17, 15) is 4.79 Å². The fraction of sp³-hybridized carbons (Fsp3) is 0.667. The molecular formula is C24H40N4O2. The van der Waals surface area contributed by atoms with Crippen LogP contribution in [0.1, 0.15) is 58.1 Å². The summed E-state index contributed by atoms with van der Waals surface area (Å²) in [6, 6.07) is 8.42. The molecule has 6 heteroatoms. The van der Waals surface area contributed by atoms with E-state index in [1.165, 1.54) is 11.1 Å². The predicted molar refractivity (Wildman–Crippen MR) is 124 cm³/mol. The average molecular weight is 417 g/mol. The number of guanidine groups is 1. The minimum atomic E-state index is 0.231. The van der Waals surface area contributed by atoms with Gasteiger partial charge in [-0.15, -0.1) is 0 Å². The molecule has 1 aliphatic heterocycles. The van der Waals surface area contributed by atoms with Crippen LogP contribution in [0.15, 0.2) is 29.3 Å². The summed E-state index contributed by atoms with van der Waals surface area (Å²) in [6.07, 6.45) is 3.47. The number of nitrogens with one attached hydrogen (secondary N) is 2. The van der Waals surface area contributed by atoms with Gasteiger partial charge in [0.1, 0.15) is 0 Å². The summed E-state index contributed by atoms with van der Waals surface area (Å²) in [5.74, 6) is 1.55. The maximum atomic E-state index is 12.6. The molecule has 2 N–H and O–H groups in total. The zero-order chi connectivity index (χ0) is 21.8. The molecule has 0 aromatic heterocycles. The fourth-order valence-corrected chi connectivity index (χ4v) is 3.79. The molecular weight excluding hydrogens is 376 g/mol. The van der Waals surface area contributed by atoms with Gasteiger partial charge in [0.15, 0.2) is 5.96 Å². The first-order valence-electron chi connectivity index (χ1n) is 11.5. The number of hydrogen-bond acceptors (Lipinski definition) is 3. The minimum Gasteiger partial charge on any atom is -0.378 e. The number of aliphatic imine (C=N–C) groups is 1. The zero-order valence-electron chi connectivity index (χ0n) is 19.2. The topological polar surface area (TPSA) is 66.0 Å². The van der Waals surface area contributed by atoms with Crippen molar-refractivity contribution in [3.63, 3.8) is 0 Å². The first kappa shape index (κ1) is 24.2. The lowest BCUT2D eigenvalue weighted by Crippen LogP contribution is -2.39. The van der Waals surface area contributed by atoms with Gasteiger partial charge in [0, 0.05) is 45.8 Å². The van der Waals surface area contributed by atoms with Crippen molar-refractivity contribution >= 4 is 11.9 Å². The number of benzene rings is 1. The predicted octanol–water partition coefficient (Wildman–Crippen LogP) is 3.36. The van der Waals surface area contributed by atoms with Crippen molar-refractivity contribution in [2.75, 3.05) is 32.8 Å². The Morgan fingerprint density at radius 2 is 1.97 bits per heavy atom. The molecule has 6 nitrogen and oxygen atoms in total. The molecule has 1 aliphatic rings.